The van der Waals surface area contributed by atoms with Gasteiger partial charge >= 0.3 is 0 Å². The summed E-state index contributed by atoms with van der Waals surface area (Å²) in [6.07, 6.45) is 1.09. The molecule has 2 rings (SSSR count). The van der Waals surface area contributed by atoms with E-state index in [0.717, 1.165) is 5.56 Å². The largest absolute Gasteiger partial charge is 0.339 e. The zero-order valence-corrected chi connectivity index (χ0v) is 17.0. The number of halogens is 2. The van der Waals surface area contributed by atoms with Gasteiger partial charge in [-0.05, 0) is 44.4 Å². The Balaban J connectivity index is 2.03. The van der Waals surface area contributed by atoms with Crippen LogP contribution in [0.2, 0.25) is 10.0 Å². The third-order valence-electron chi connectivity index (χ3n) is 4.90. The predicted octanol–water partition coefficient (Wildman–Crippen LogP) is 3.57. The summed E-state index contributed by atoms with van der Waals surface area (Å²) in [7, 11) is -1.42. The highest BCUT2D eigenvalue weighted by atomic mass is 35.5. The van der Waals surface area contributed by atoms with E-state index in [0.29, 0.717) is 36.0 Å². The molecule has 1 aliphatic heterocycles. The van der Waals surface area contributed by atoms with Gasteiger partial charge < -0.3 is 4.90 Å². The van der Waals surface area contributed by atoms with Gasteiger partial charge in [0.25, 0.3) is 0 Å². The Hall–Kier alpha value is -0.820. The van der Waals surface area contributed by atoms with Crippen LogP contribution < -0.4 is 0 Å². The zero-order valence-electron chi connectivity index (χ0n) is 14.7. The minimum Gasteiger partial charge on any atom is -0.339 e. The summed E-state index contributed by atoms with van der Waals surface area (Å²) in [5.41, 5.74) is 0.841. The van der Waals surface area contributed by atoms with Crippen molar-refractivity contribution in [2.75, 3.05) is 25.9 Å². The van der Waals surface area contributed by atoms with Crippen LogP contribution in [0.3, 0.4) is 0 Å². The minimum absolute atomic E-state index is 0.0204. The number of sulfonamides is 1. The lowest BCUT2D eigenvalue weighted by Crippen LogP contribution is -2.44. The quantitative estimate of drug-likeness (QED) is 0.750. The summed E-state index contributed by atoms with van der Waals surface area (Å²) >= 11 is 12.2. The van der Waals surface area contributed by atoms with Crippen LogP contribution in [0.5, 0.6) is 0 Å². The van der Waals surface area contributed by atoms with Crippen LogP contribution in [0.25, 0.3) is 0 Å². The first-order valence-electron chi connectivity index (χ1n) is 8.36. The normalized spacial score (nSPS) is 18.1. The molecule has 0 spiro atoms. The minimum atomic E-state index is -3.18. The number of amides is 1. The molecule has 1 amide bonds. The third kappa shape index (κ3) is 4.67. The SMILES string of the molecule is CCS(=O)(=O)N1CCC(C(=O)N(C)C(C)c2ccc(Cl)cc2Cl)CC1. The first kappa shape index (κ1) is 20.5. The lowest BCUT2D eigenvalue weighted by Gasteiger charge is -2.34. The fourth-order valence-electron chi connectivity index (χ4n) is 3.09. The van der Waals surface area contributed by atoms with Crippen molar-refractivity contribution in [3.63, 3.8) is 0 Å². The van der Waals surface area contributed by atoms with Crippen molar-refractivity contribution in [3.8, 4) is 0 Å². The second-order valence-electron chi connectivity index (χ2n) is 6.36. The highest BCUT2D eigenvalue weighted by Crippen LogP contribution is 2.31. The Labute approximate surface area is 159 Å². The number of carbonyl (C=O) groups is 1. The molecule has 0 saturated carbocycles. The molecule has 1 atom stereocenters. The van der Waals surface area contributed by atoms with Crippen LogP contribution in [0.15, 0.2) is 18.2 Å². The van der Waals surface area contributed by atoms with Crippen molar-refractivity contribution in [1.29, 1.82) is 0 Å². The van der Waals surface area contributed by atoms with E-state index in [-0.39, 0.29) is 23.6 Å². The summed E-state index contributed by atoms with van der Waals surface area (Å²) < 4.78 is 25.3. The van der Waals surface area contributed by atoms with Gasteiger partial charge in [-0.15, -0.1) is 0 Å². The maximum absolute atomic E-state index is 12.8. The van der Waals surface area contributed by atoms with Crippen molar-refractivity contribution in [2.24, 2.45) is 5.92 Å². The molecule has 0 radical (unpaired) electrons. The molecule has 5 nitrogen and oxygen atoms in total. The van der Waals surface area contributed by atoms with Gasteiger partial charge in [-0.3, -0.25) is 4.79 Å². The highest BCUT2D eigenvalue weighted by molar-refractivity contribution is 7.89. The second kappa shape index (κ2) is 8.25. The van der Waals surface area contributed by atoms with Gasteiger partial charge in [0, 0.05) is 36.1 Å². The fourth-order valence-corrected chi connectivity index (χ4v) is 4.79. The van der Waals surface area contributed by atoms with Gasteiger partial charge in [-0.25, -0.2) is 12.7 Å². The molecule has 25 heavy (non-hydrogen) atoms. The molecule has 0 aromatic heterocycles. The van der Waals surface area contributed by atoms with E-state index in [4.69, 9.17) is 23.2 Å². The maximum atomic E-state index is 12.8. The van der Waals surface area contributed by atoms with Crippen LogP contribution in [-0.2, 0) is 14.8 Å². The molecule has 1 saturated heterocycles. The summed E-state index contributed by atoms with van der Waals surface area (Å²) in [5.74, 6) is -0.0497. The number of nitrogens with zero attached hydrogens (tertiary/aromatic N) is 2. The summed E-state index contributed by atoms with van der Waals surface area (Å²) in [6.45, 7) is 4.36. The van der Waals surface area contributed by atoms with E-state index in [9.17, 15) is 13.2 Å². The molecule has 140 valence electrons. The Morgan fingerprint density at radius 1 is 1.32 bits per heavy atom. The molecule has 1 heterocycles. The number of hydrogen-bond donors (Lipinski definition) is 0. The fraction of sp³-hybridized carbons (Fsp3) is 0.588. The lowest BCUT2D eigenvalue weighted by molar-refractivity contribution is -0.137. The molecule has 0 bridgehead atoms. The standard InChI is InChI=1S/C17H24Cl2N2O3S/c1-4-25(23,24)21-9-7-13(8-10-21)17(22)20(3)12(2)15-6-5-14(18)11-16(15)19/h5-6,11-13H,4,7-10H2,1-3H3. The van der Waals surface area contributed by atoms with E-state index in [1.54, 1.807) is 31.0 Å². The lowest BCUT2D eigenvalue weighted by atomic mass is 9.95. The van der Waals surface area contributed by atoms with Crippen molar-refractivity contribution in [3.05, 3.63) is 33.8 Å². The summed E-state index contributed by atoms with van der Waals surface area (Å²) in [4.78, 5) is 14.5. The maximum Gasteiger partial charge on any atom is 0.226 e. The number of hydrogen-bond acceptors (Lipinski definition) is 3. The average molecular weight is 407 g/mol. The van der Waals surface area contributed by atoms with Crippen LogP contribution >= 0.6 is 23.2 Å². The first-order chi connectivity index (χ1) is 11.7. The Morgan fingerprint density at radius 3 is 2.44 bits per heavy atom. The van der Waals surface area contributed by atoms with Gasteiger partial charge in [-0.1, -0.05) is 29.3 Å². The van der Waals surface area contributed by atoms with Crippen LogP contribution in [0.1, 0.15) is 38.3 Å². The molecule has 0 N–H and O–H groups in total. The topological polar surface area (TPSA) is 57.7 Å². The Morgan fingerprint density at radius 2 is 1.92 bits per heavy atom. The van der Waals surface area contributed by atoms with Crippen molar-refractivity contribution >= 4 is 39.1 Å². The molecular weight excluding hydrogens is 383 g/mol. The number of benzene rings is 1. The summed E-state index contributed by atoms with van der Waals surface area (Å²) in [6, 6.07) is 5.07. The number of carbonyl (C=O) groups excluding carboxylic acids is 1. The van der Waals surface area contributed by atoms with Crippen LogP contribution in [0.4, 0.5) is 0 Å². The Kier molecular flexibility index (Phi) is 6.76. The Bertz CT molecular complexity index is 731. The third-order valence-corrected chi connectivity index (χ3v) is 7.35. The van der Waals surface area contributed by atoms with E-state index >= 15 is 0 Å². The highest BCUT2D eigenvalue weighted by Gasteiger charge is 2.33. The van der Waals surface area contributed by atoms with Crippen molar-refractivity contribution in [2.45, 2.75) is 32.7 Å². The van der Waals surface area contributed by atoms with Crippen LogP contribution in [0, 0.1) is 5.92 Å². The van der Waals surface area contributed by atoms with Gasteiger partial charge in [0.1, 0.15) is 0 Å². The summed E-state index contributed by atoms with van der Waals surface area (Å²) in [5, 5.41) is 1.09. The van der Waals surface area contributed by atoms with Gasteiger partial charge in [0.15, 0.2) is 0 Å². The smallest absolute Gasteiger partial charge is 0.226 e. The van der Waals surface area contributed by atoms with E-state index in [1.807, 2.05) is 13.0 Å². The van der Waals surface area contributed by atoms with E-state index in [2.05, 4.69) is 0 Å². The van der Waals surface area contributed by atoms with Gasteiger partial charge in [-0.2, -0.15) is 0 Å². The molecule has 1 unspecified atom stereocenters. The molecule has 1 fully saturated rings. The van der Waals surface area contributed by atoms with Crippen molar-refractivity contribution in [1.82, 2.24) is 9.21 Å². The molecule has 8 heteroatoms. The van der Waals surface area contributed by atoms with E-state index < -0.39 is 10.0 Å². The second-order valence-corrected chi connectivity index (χ2v) is 9.47. The van der Waals surface area contributed by atoms with Crippen LogP contribution in [-0.4, -0.2) is 49.4 Å². The monoisotopic (exact) mass is 406 g/mol. The first-order valence-corrected chi connectivity index (χ1v) is 10.7. The molecule has 1 aromatic rings. The molecule has 1 aliphatic rings. The van der Waals surface area contributed by atoms with Crippen molar-refractivity contribution < 1.29 is 13.2 Å². The molecule has 0 aliphatic carbocycles. The van der Waals surface area contributed by atoms with Gasteiger partial charge in [0.05, 0.1) is 11.8 Å². The van der Waals surface area contributed by atoms with E-state index in [1.165, 1.54) is 4.31 Å². The number of rotatable bonds is 5. The zero-order chi connectivity index (χ0) is 18.8. The molecular formula is C17H24Cl2N2O3S. The number of piperidine rings is 1. The predicted molar refractivity (Wildman–Crippen MR) is 101 cm³/mol. The molecule has 1 aromatic carbocycles. The average Bonchev–Trinajstić information content (AvgIpc) is 2.60. The van der Waals surface area contributed by atoms with Gasteiger partial charge in [0.2, 0.25) is 15.9 Å².